The minimum absolute atomic E-state index is 0.0490. The van der Waals surface area contributed by atoms with Crippen molar-refractivity contribution >= 4 is 39.0 Å². The van der Waals surface area contributed by atoms with Crippen LogP contribution in [0.4, 0.5) is 0 Å². The molecule has 0 atom stereocenters. The first-order valence-corrected chi connectivity index (χ1v) is 11.8. The van der Waals surface area contributed by atoms with Crippen LogP contribution in [-0.4, -0.2) is 30.2 Å². The van der Waals surface area contributed by atoms with E-state index in [4.69, 9.17) is 27.9 Å². The first-order chi connectivity index (χ1) is 14.9. The zero-order valence-corrected chi connectivity index (χ0v) is 19.5. The van der Waals surface area contributed by atoms with Gasteiger partial charge in [0.1, 0.15) is 10.6 Å². The molecule has 0 radical (unpaired) electrons. The maximum atomic E-state index is 13.2. The molecular formula is C23H20Cl2O6S. The van der Waals surface area contributed by atoms with Gasteiger partial charge >= 0.3 is 5.97 Å². The fourth-order valence-corrected chi connectivity index (χ4v) is 5.10. The van der Waals surface area contributed by atoms with Gasteiger partial charge in [0.25, 0.3) is 0 Å². The van der Waals surface area contributed by atoms with Gasteiger partial charge in [0, 0.05) is 10.6 Å². The lowest BCUT2D eigenvalue weighted by atomic mass is 10.0. The second-order valence-corrected chi connectivity index (χ2v) is 10.4. The Morgan fingerprint density at radius 1 is 1.00 bits per heavy atom. The SMILES string of the molecule is CC(C)(Oc1ccc(-c2ccccc2)cc1CS(=O)(=O)c1cc(Cl)cc(Cl)c1O)C(=O)O. The fraction of sp³-hybridized carbons (Fsp3) is 0.174. The number of rotatable bonds is 7. The number of phenolic OH excluding ortho intramolecular Hbond substituents is 1. The number of carboxylic acid groups (broad SMARTS) is 1. The van der Waals surface area contributed by atoms with E-state index in [0.717, 1.165) is 11.6 Å². The van der Waals surface area contributed by atoms with Gasteiger partial charge in [-0.25, -0.2) is 13.2 Å². The number of phenols is 1. The normalized spacial score (nSPS) is 11.9. The zero-order chi connectivity index (χ0) is 23.7. The number of hydrogen-bond donors (Lipinski definition) is 2. The average Bonchev–Trinajstić information content (AvgIpc) is 2.72. The van der Waals surface area contributed by atoms with E-state index in [2.05, 4.69) is 0 Å². The first kappa shape index (κ1) is 23.9. The lowest BCUT2D eigenvalue weighted by molar-refractivity contribution is -0.152. The molecular weight excluding hydrogens is 475 g/mol. The molecule has 0 unspecified atom stereocenters. The lowest BCUT2D eigenvalue weighted by Crippen LogP contribution is -2.38. The van der Waals surface area contributed by atoms with Crippen LogP contribution in [0, 0.1) is 0 Å². The van der Waals surface area contributed by atoms with Gasteiger partial charge < -0.3 is 14.9 Å². The van der Waals surface area contributed by atoms with Gasteiger partial charge in [-0.15, -0.1) is 0 Å². The quantitative estimate of drug-likeness (QED) is 0.444. The molecule has 168 valence electrons. The van der Waals surface area contributed by atoms with Crippen molar-refractivity contribution < 1.29 is 28.2 Å². The summed E-state index contributed by atoms with van der Waals surface area (Å²) in [6, 6.07) is 16.5. The van der Waals surface area contributed by atoms with Crippen molar-refractivity contribution in [2.75, 3.05) is 0 Å². The smallest absolute Gasteiger partial charge is 0.347 e. The Kier molecular flexibility index (Phi) is 6.74. The molecule has 0 aliphatic rings. The Morgan fingerprint density at radius 3 is 2.28 bits per heavy atom. The molecule has 0 aliphatic carbocycles. The highest BCUT2D eigenvalue weighted by Crippen LogP contribution is 2.37. The predicted octanol–water partition coefficient (Wildman–Crippen LogP) is 5.58. The standard InChI is InChI=1S/C23H20Cl2O6S/c1-23(2,22(27)28)31-19-9-8-15(14-6-4-3-5-7-14)10-16(19)13-32(29,30)20-12-17(24)11-18(25)21(20)26/h3-12,26H,13H2,1-2H3,(H,27,28). The second kappa shape index (κ2) is 9.02. The minimum atomic E-state index is -4.13. The van der Waals surface area contributed by atoms with Crippen molar-refractivity contribution in [2.24, 2.45) is 0 Å². The molecule has 6 nitrogen and oxygen atoms in total. The molecule has 0 spiro atoms. The van der Waals surface area contributed by atoms with Crippen LogP contribution in [0.25, 0.3) is 11.1 Å². The minimum Gasteiger partial charge on any atom is -0.505 e. The van der Waals surface area contributed by atoms with Crippen molar-refractivity contribution in [1.82, 2.24) is 0 Å². The number of carboxylic acids is 1. The summed E-state index contributed by atoms with van der Waals surface area (Å²) >= 11 is 11.8. The van der Waals surface area contributed by atoms with Gasteiger partial charge in [-0.1, -0.05) is 59.6 Å². The molecule has 3 aromatic carbocycles. The lowest BCUT2D eigenvalue weighted by Gasteiger charge is -2.24. The molecule has 32 heavy (non-hydrogen) atoms. The molecule has 0 saturated heterocycles. The van der Waals surface area contributed by atoms with Crippen molar-refractivity contribution in [1.29, 1.82) is 0 Å². The summed E-state index contributed by atoms with van der Waals surface area (Å²) in [5.74, 6) is -2.31. The van der Waals surface area contributed by atoms with Gasteiger partial charge in [0.15, 0.2) is 21.2 Å². The average molecular weight is 495 g/mol. The number of hydrogen-bond acceptors (Lipinski definition) is 5. The van der Waals surface area contributed by atoms with E-state index in [1.165, 1.54) is 26.0 Å². The number of benzene rings is 3. The Morgan fingerprint density at radius 2 is 1.66 bits per heavy atom. The zero-order valence-electron chi connectivity index (χ0n) is 17.2. The third-order valence-electron chi connectivity index (χ3n) is 4.72. The Hall–Kier alpha value is -2.74. The Balaban J connectivity index is 2.12. The van der Waals surface area contributed by atoms with Crippen molar-refractivity contribution in [3.63, 3.8) is 0 Å². The van der Waals surface area contributed by atoms with E-state index in [0.29, 0.717) is 5.56 Å². The molecule has 0 saturated carbocycles. The number of aliphatic carboxylic acids is 1. The van der Waals surface area contributed by atoms with Gasteiger partial charge in [-0.05, 0) is 49.2 Å². The molecule has 3 aromatic rings. The summed E-state index contributed by atoms with van der Waals surface area (Å²) in [6.45, 7) is 2.72. The summed E-state index contributed by atoms with van der Waals surface area (Å²) in [6.07, 6.45) is 0. The van der Waals surface area contributed by atoms with Crippen LogP contribution in [0.15, 0.2) is 65.6 Å². The topological polar surface area (TPSA) is 101 Å². The molecule has 0 fully saturated rings. The molecule has 0 bridgehead atoms. The number of halogens is 2. The van der Waals surface area contributed by atoms with Gasteiger partial charge in [0.05, 0.1) is 10.8 Å². The second-order valence-electron chi connectivity index (χ2n) is 7.60. The van der Waals surface area contributed by atoms with E-state index >= 15 is 0 Å². The van der Waals surface area contributed by atoms with Gasteiger partial charge in [-0.3, -0.25) is 0 Å². The summed E-state index contributed by atoms with van der Waals surface area (Å²) < 4.78 is 32.0. The highest BCUT2D eigenvalue weighted by Gasteiger charge is 2.31. The number of carbonyl (C=O) groups is 1. The van der Waals surface area contributed by atoms with E-state index in [1.807, 2.05) is 30.3 Å². The summed E-state index contributed by atoms with van der Waals surface area (Å²) in [4.78, 5) is 11.1. The largest absolute Gasteiger partial charge is 0.505 e. The number of aromatic hydroxyl groups is 1. The first-order valence-electron chi connectivity index (χ1n) is 9.42. The van der Waals surface area contributed by atoms with Crippen LogP contribution in [0.5, 0.6) is 11.5 Å². The summed E-state index contributed by atoms with van der Waals surface area (Å²) in [7, 11) is -4.13. The van der Waals surface area contributed by atoms with Crippen molar-refractivity contribution in [2.45, 2.75) is 30.1 Å². The van der Waals surface area contributed by atoms with Crippen molar-refractivity contribution in [3.05, 3.63) is 76.3 Å². The van der Waals surface area contributed by atoms with E-state index < -0.39 is 37.8 Å². The highest BCUT2D eigenvalue weighted by molar-refractivity contribution is 7.90. The van der Waals surface area contributed by atoms with Gasteiger partial charge in [-0.2, -0.15) is 0 Å². The Bertz CT molecular complexity index is 1270. The molecule has 0 amide bonds. The number of sulfone groups is 1. The fourth-order valence-electron chi connectivity index (χ4n) is 2.98. The third-order valence-corrected chi connectivity index (χ3v) is 6.90. The highest BCUT2D eigenvalue weighted by atomic mass is 35.5. The predicted molar refractivity (Wildman–Crippen MR) is 123 cm³/mol. The van der Waals surface area contributed by atoms with Crippen molar-refractivity contribution in [3.8, 4) is 22.6 Å². The van der Waals surface area contributed by atoms with E-state index in [-0.39, 0.29) is 21.4 Å². The van der Waals surface area contributed by atoms with E-state index in [1.54, 1.807) is 12.1 Å². The monoisotopic (exact) mass is 494 g/mol. The summed E-state index contributed by atoms with van der Waals surface area (Å²) in [5, 5.41) is 19.5. The van der Waals surface area contributed by atoms with Crippen LogP contribution >= 0.6 is 23.2 Å². The molecule has 2 N–H and O–H groups in total. The summed E-state index contributed by atoms with van der Waals surface area (Å²) in [5.41, 5.74) is 0.165. The van der Waals surface area contributed by atoms with Crippen LogP contribution in [0.3, 0.4) is 0 Å². The molecule has 3 rings (SSSR count). The maximum Gasteiger partial charge on any atom is 0.347 e. The molecule has 9 heteroatoms. The maximum absolute atomic E-state index is 13.2. The third kappa shape index (κ3) is 5.18. The number of ether oxygens (including phenoxy) is 1. The van der Waals surface area contributed by atoms with E-state index in [9.17, 15) is 23.4 Å². The van der Waals surface area contributed by atoms with Crippen LogP contribution in [0.2, 0.25) is 10.0 Å². The van der Waals surface area contributed by atoms with Crippen LogP contribution in [-0.2, 0) is 20.4 Å². The van der Waals surface area contributed by atoms with Crippen LogP contribution < -0.4 is 4.74 Å². The molecule has 0 heterocycles. The molecule has 0 aromatic heterocycles. The van der Waals surface area contributed by atoms with Gasteiger partial charge in [0.2, 0.25) is 0 Å². The van der Waals surface area contributed by atoms with Crippen LogP contribution in [0.1, 0.15) is 19.4 Å². The Labute approximate surface area is 195 Å². The molecule has 0 aliphatic heterocycles.